The number of carbonyl (C=O) groups is 1. The molecule has 0 saturated heterocycles. The third-order valence-corrected chi connectivity index (χ3v) is 4.59. The van der Waals surface area contributed by atoms with Crippen LogP contribution in [-0.4, -0.2) is 27.3 Å². The molecule has 4 aromatic rings. The Morgan fingerprint density at radius 2 is 1.86 bits per heavy atom. The van der Waals surface area contributed by atoms with E-state index in [-0.39, 0.29) is 12.5 Å². The molecule has 2 heterocycles. The van der Waals surface area contributed by atoms with Crippen molar-refractivity contribution in [2.75, 3.05) is 11.9 Å². The third-order valence-electron chi connectivity index (χ3n) is 4.59. The minimum Gasteiger partial charge on any atom is -0.483 e. The first-order valence-corrected chi connectivity index (χ1v) is 9.42. The van der Waals surface area contributed by atoms with Crippen LogP contribution in [-0.2, 0) is 4.79 Å². The lowest BCUT2D eigenvalue weighted by Gasteiger charge is -2.11. The molecule has 0 aliphatic rings. The Kier molecular flexibility index (Phi) is 4.99. The van der Waals surface area contributed by atoms with E-state index in [0.717, 1.165) is 27.7 Å². The second-order valence-corrected chi connectivity index (χ2v) is 7.05. The summed E-state index contributed by atoms with van der Waals surface area (Å²) in [6.45, 7) is 5.77. The van der Waals surface area contributed by atoms with Crippen molar-refractivity contribution in [1.29, 1.82) is 0 Å². The summed E-state index contributed by atoms with van der Waals surface area (Å²) in [7, 11) is 0. The maximum atomic E-state index is 12.5. The molecule has 6 heteroatoms. The maximum Gasteiger partial charge on any atom is 0.263 e. The number of hydrogen-bond donors (Lipinski definition) is 1. The van der Waals surface area contributed by atoms with E-state index in [9.17, 15) is 4.79 Å². The van der Waals surface area contributed by atoms with Crippen LogP contribution in [0.3, 0.4) is 0 Å². The molecule has 1 N–H and O–H groups in total. The molecule has 0 fully saturated rings. The van der Waals surface area contributed by atoms with Crippen molar-refractivity contribution >= 4 is 22.6 Å². The number of para-hydroxylation sites is 1. The van der Waals surface area contributed by atoms with Gasteiger partial charge in [-0.25, -0.2) is 4.98 Å². The van der Waals surface area contributed by atoms with Crippen LogP contribution < -0.4 is 10.1 Å². The molecule has 0 bridgehead atoms. The van der Waals surface area contributed by atoms with Crippen LogP contribution in [0.4, 0.5) is 5.82 Å². The maximum absolute atomic E-state index is 12.5. The Labute approximate surface area is 169 Å². The lowest BCUT2D eigenvalue weighted by molar-refractivity contribution is -0.118. The summed E-state index contributed by atoms with van der Waals surface area (Å²) in [5.74, 6) is 1.64. The van der Waals surface area contributed by atoms with Gasteiger partial charge in [0.15, 0.2) is 12.4 Å². The quantitative estimate of drug-likeness (QED) is 0.553. The van der Waals surface area contributed by atoms with Crippen molar-refractivity contribution in [3.05, 3.63) is 77.5 Å². The number of ether oxygens (including phenoxy) is 1. The first-order chi connectivity index (χ1) is 14.0. The minimum absolute atomic E-state index is 0.0841. The van der Waals surface area contributed by atoms with Crippen molar-refractivity contribution in [1.82, 2.24) is 14.8 Å². The van der Waals surface area contributed by atoms with E-state index in [1.165, 1.54) is 0 Å². The fraction of sp³-hybridized carbons (Fsp3) is 0.174. The minimum atomic E-state index is -0.257. The predicted octanol–water partition coefficient (Wildman–Crippen LogP) is 4.36. The zero-order valence-corrected chi connectivity index (χ0v) is 16.6. The van der Waals surface area contributed by atoms with Crippen LogP contribution in [0.15, 0.2) is 60.7 Å². The van der Waals surface area contributed by atoms with E-state index in [1.807, 2.05) is 81.4 Å². The van der Waals surface area contributed by atoms with Gasteiger partial charge in [0, 0.05) is 11.5 Å². The van der Waals surface area contributed by atoms with Gasteiger partial charge in [-0.3, -0.25) is 4.79 Å². The SMILES string of the molecule is Cc1ccc(OCC(=O)Nc2cc(C)nn2-c2ccc3ccccc3n2)c(C)c1. The summed E-state index contributed by atoms with van der Waals surface area (Å²) in [5.41, 5.74) is 3.81. The Morgan fingerprint density at radius 3 is 2.69 bits per heavy atom. The number of anilines is 1. The highest BCUT2D eigenvalue weighted by Gasteiger charge is 2.13. The fourth-order valence-electron chi connectivity index (χ4n) is 3.22. The lowest BCUT2D eigenvalue weighted by atomic mass is 10.1. The number of aromatic nitrogens is 3. The van der Waals surface area contributed by atoms with Crippen molar-refractivity contribution < 1.29 is 9.53 Å². The molecule has 2 aromatic heterocycles. The van der Waals surface area contributed by atoms with Gasteiger partial charge < -0.3 is 10.1 Å². The van der Waals surface area contributed by atoms with Crippen molar-refractivity contribution in [2.45, 2.75) is 20.8 Å². The highest BCUT2D eigenvalue weighted by Crippen LogP contribution is 2.20. The van der Waals surface area contributed by atoms with Gasteiger partial charge in [-0.2, -0.15) is 9.78 Å². The summed E-state index contributed by atoms with van der Waals surface area (Å²) < 4.78 is 7.31. The molecule has 2 aromatic carbocycles. The van der Waals surface area contributed by atoms with Gasteiger partial charge in [-0.05, 0) is 50.6 Å². The van der Waals surface area contributed by atoms with Crippen LogP contribution >= 0.6 is 0 Å². The third kappa shape index (κ3) is 4.11. The first kappa shape index (κ1) is 18.7. The molecule has 0 aliphatic carbocycles. The van der Waals surface area contributed by atoms with Crippen LogP contribution in [0, 0.1) is 20.8 Å². The number of amides is 1. The number of pyridine rings is 1. The number of nitrogens with zero attached hydrogens (tertiary/aromatic N) is 3. The summed E-state index contributed by atoms with van der Waals surface area (Å²) in [5, 5.41) is 8.41. The lowest BCUT2D eigenvalue weighted by Crippen LogP contribution is -2.22. The smallest absolute Gasteiger partial charge is 0.263 e. The average Bonchev–Trinajstić information content (AvgIpc) is 3.07. The monoisotopic (exact) mass is 386 g/mol. The van der Waals surface area contributed by atoms with E-state index in [2.05, 4.69) is 15.4 Å². The molecule has 29 heavy (non-hydrogen) atoms. The molecule has 0 unspecified atom stereocenters. The standard InChI is InChI=1S/C23H22N4O2/c1-15-8-10-20(16(2)12-15)29-14-23(28)25-22-13-17(3)26-27(22)21-11-9-18-6-4-5-7-19(18)24-21/h4-13H,14H2,1-3H3,(H,25,28). The van der Waals surface area contributed by atoms with Gasteiger partial charge in [0.1, 0.15) is 11.6 Å². The molecule has 0 spiro atoms. The molecular formula is C23H22N4O2. The van der Waals surface area contributed by atoms with E-state index in [0.29, 0.717) is 17.4 Å². The Morgan fingerprint density at radius 1 is 1.03 bits per heavy atom. The van der Waals surface area contributed by atoms with Crippen molar-refractivity contribution in [3.63, 3.8) is 0 Å². The average molecular weight is 386 g/mol. The van der Waals surface area contributed by atoms with Crippen LogP contribution in [0.25, 0.3) is 16.7 Å². The second-order valence-electron chi connectivity index (χ2n) is 7.05. The summed E-state index contributed by atoms with van der Waals surface area (Å²) >= 11 is 0. The molecule has 0 aliphatic heterocycles. The zero-order chi connectivity index (χ0) is 20.4. The topological polar surface area (TPSA) is 69.0 Å². The van der Waals surface area contributed by atoms with Gasteiger partial charge in [0.2, 0.25) is 0 Å². The van der Waals surface area contributed by atoms with E-state index in [4.69, 9.17) is 4.74 Å². The largest absolute Gasteiger partial charge is 0.483 e. The zero-order valence-electron chi connectivity index (χ0n) is 16.6. The fourth-order valence-corrected chi connectivity index (χ4v) is 3.22. The van der Waals surface area contributed by atoms with Gasteiger partial charge in [-0.15, -0.1) is 0 Å². The number of benzene rings is 2. The second kappa shape index (κ2) is 7.75. The normalized spacial score (nSPS) is 10.9. The Hall–Kier alpha value is -3.67. The number of nitrogens with one attached hydrogen (secondary N) is 1. The number of hydrogen-bond acceptors (Lipinski definition) is 4. The number of fused-ring (bicyclic) bond motifs is 1. The first-order valence-electron chi connectivity index (χ1n) is 9.42. The van der Waals surface area contributed by atoms with Crippen molar-refractivity contribution in [2.24, 2.45) is 0 Å². The molecule has 6 nitrogen and oxygen atoms in total. The Bertz CT molecular complexity index is 1200. The van der Waals surface area contributed by atoms with E-state index >= 15 is 0 Å². The van der Waals surface area contributed by atoms with E-state index in [1.54, 1.807) is 4.68 Å². The van der Waals surface area contributed by atoms with Crippen molar-refractivity contribution in [3.8, 4) is 11.6 Å². The summed E-state index contributed by atoms with van der Waals surface area (Å²) in [6.07, 6.45) is 0. The number of aryl methyl sites for hydroxylation is 3. The van der Waals surface area contributed by atoms with Gasteiger partial charge >= 0.3 is 0 Å². The number of carbonyl (C=O) groups excluding carboxylic acids is 1. The molecule has 4 rings (SSSR count). The number of rotatable bonds is 5. The highest BCUT2D eigenvalue weighted by molar-refractivity contribution is 5.91. The van der Waals surface area contributed by atoms with Crippen LogP contribution in [0.1, 0.15) is 16.8 Å². The summed E-state index contributed by atoms with van der Waals surface area (Å²) in [4.78, 5) is 17.1. The molecule has 146 valence electrons. The molecular weight excluding hydrogens is 364 g/mol. The van der Waals surface area contributed by atoms with Gasteiger partial charge in [0.05, 0.1) is 11.2 Å². The van der Waals surface area contributed by atoms with E-state index < -0.39 is 0 Å². The summed E-state index contributed by atoms with van der Waals surface area (Å²) in [6, 6.07) is 19.4. The Balaban J connectivity index is 1.52. The van der Waals surface area contributed by atoms with Gasteiger partial charge in [0.25, 0.3) is 5.91 Å². The molecule has 0 saturated carbocycles. The highest BCUT2D eigenvalue weighted by atomic mass is 16.5. The predicted molar refractivity (Wildman–Crippen MR) is 114 cm³/mol. The van der Waals surface area contributed by atoms with Crippen LogP contribution in [0.5, 0.6) is 5.75 Å². The van der Waals surface area contributed by atoms with Crippen LogP contribution in [0.2, 0.25) is 0 Å². The molecule has 0 radical (unpaired) electrons. The molecule has 0 atom stereocenters. The van der Waals surface area contributed by atoms with Gasteiger partial charge in [-0.1, -0.05) is 35.9 Å². The molecule has 1 amide bonds.